The van der Waals surface area contributed by atoms with Crippen LogP contribution < -0.4 is 0 Å². The Kier molecular flexibility index (Phi) is 3.48. The van der Waals surface area contributed by atoms with E-state index in [2.05, 4.69) is 15.9 Å². The van der Waals surface area contributed by atoms with Crippen molar-refractivity contribution in [2.75, 3.05) is 0 Å². The van der Waals surface area contributed by atoms with Crippen LogP contribution in [0.15, 0.2) is 16.6 Å². The van der Waals surface area contributed by atoms with Crippen LogP contribution >= 0.6 is 50.1 Å². The summed E-state index contributed by atoms with van der Waals surface area (Å²) in [6.45, 7) is 0. The molecule has 0 heterocycles. The van der Waals surface area contributed by atoms with Gasteiger partial charge in [-0.15, -0.1) is 0 Å². The smallest absolute Gasteiger partial charge is 0.256 e. The van der Waals surface area contributed by atoms with Crippen LogP contribution in [0.3, 0.4) is 0 Å². The average Bonchev–Trinajstić information content (AvgIpc) is 1.97. The molecule has 0 N–H and O–H groups in total. The third kappa shape index (κ3) is 1.97. The second-order valence-electron chi connectivity index (χ2n) is 1.99. The van der Waals surface area contributed by atoms with Gasteiger partial charge < -0.3 is 0 Å². The van der Waals surface area contributed by atoms with E-state index < -0.39 is 11.1 Å². The third-order valence-corrected chi connectivity index (χ3v) is 2.92. The number of carbonyl (C=O) groups is 1. The average molecular weight is 363 g/mol. The number of halogens is 4. The highest BCUT2D eigenvalue weighted by atomic mass is 127. The van der Waals surface area contributed by atoms with Crippen LogP contribution in [0.4, 0.5) is 4.39 Å². The zero-order valence-electron chi connectivity index (χ0n) is 5.57. The molecule has 0 saturated heterocycles. The van der Waals surface area contributed by atoms with Gasteiger partial charge in [-0.3, -0.25) is 4.79 Å². The van der Waals surface area contributed by atoms with Crippen molar-refractivity contribution in [2.24, 2.45) is 0 Å². The van der Waals surface area contributed by atoms with Crippen molar-refractivity contribution in [1.82, 2.24) is 0 Å². The molecular weight excluding hydrogens is 361 g/mol. The van der Waals surface area contributed by atoms with E-state index in [-0.39, 0.29) is 5.56 Å². The molecule has 0 radical (unpaired) electrons. The number of hydrogen-bond donors (Lipinski definition) is 0. The molecule has 0 spiro atoms. The molecule has 0 amide bonds. The summed E-state index contributed by atoms with van der Waals surface area (Å²) in [6.07, 6.45) is 0. The number of hydrogen-bond acceptors (Lipinski definition) is 1. The van der Waals surface area contributed by atoms with Crippen LogP contribution in [0.25, 0.3) is 0 Å². The van der Waals surface area contributed by atoms with Gasteiger partial charge in [0.1, 0.15) is 5.82 Å². The predicted octanol–water partition coefficient (Wildman–Crippen LogP) is 3.57. The van der Waals surface area contributed by atoms with Crippen molar-refractivity contribution < 1.29 is 9.18 Å². The highest BCUT2D eigenvalue weighted by molar-refractivity contribution is 14.1. The lowest BCUT2D eigenvalue weighted by Crippen LogP contribution is -1.98. The molecule has 0 fully saturated rings. The van der Waals surface area contributed by atoms with E-state index in [1.165, 1.54) is 0 Å². The van der Waals surface area contributed by atoms with Gasteiger partial charge in [-0.05, 0) is 62.3 Å². The zero-order valence-corrected chi connectivity index (χ0v) is 10.1. The van der Waals surface area contributed by atoms with Crippen molar-refractivity contribution in [3.63, 3.8) is 0 Å². The Balaban J connectivity index is 3.43. The molecule has 0 aromatic heterocycles. The molecule has 1 rings (SSSR count). The van der Waals surface area contributed by atoms with Gasteiger partial charge in [0.05, 0.1) is 5.56 Å². The Morgan fingerprint density at radius 2 is 2.17 bits per heavy atom. The van der Waals surface area contributed by atoms with Gasteiger partial charge in [0.2, 0.25) is 0 Å². The molecule has 0 saturated carbocycles. The largest absolute Gasteiger partial charge is 0.275 e. The van der Waals surface area contributed by atoms with E-state index in [0.717, 1.165) is 0 Å². The Labute approximate surface area is 95.6 Å². The van der Waals surface area contributed by atoms with Crippen molar-refractivity contribution in [3.05, 3.63) is 31.6 Å². The standard InChI is InChI=1S/C7H2BrClFIO/c8-3-1-2-4(11)6(10)5(3)7(9)12/h1-2H. The number of carbonyl (C=O) groups excluding carboxylic acids is 1. The lowest BCUT2D eigenvalue weighted by Gasteiger charge is -2.01. The summed E-state index contributed by atoms with van der Waals surface area (Å²) in [4.78, 5) is 10.7. The monoisotopic (exact) mass is 362 g/mol. The normalized spacial score (nSPS) is 10.0. The minimum absolute atomic E-state index is 0.108. The number of rotatable bonds is 1. The van der Waals surface area contributed by atoms with Crippen molar-refractivity contribution in [3.8, 4) is 0 Å². The number of benzene rings is 1. The minimum Gasteiger partial charge on any atom is -0.275 e. The molecule has 0 atom stereocenters. The summed E-state index contributed by atoms with van der Waals surface area (Å²) >= 11 is 10.00. The van der Waals surface area contributed by atoms with Crippen LogP contribution in [0.5, 0.6) is 0 Å². The highest BCUT2D eigenvalue weighted by Gasteiger charge is 2.15. The van der Waals surface area contributed by atoms with Gasteiger partial charge in [-0.2, -0.15) is 0 Å². The molecule has 12 heavy (non-hydrogen) atoms. The Hall–Kier alpha value is 0.320. The highest BCUT2D eigenvalue weighted by Crippen LogP contribution is 2.25. The van der Waals surface area contributed by atoms with Crippen molar-refractivity contribution in [1.29, 1.82) is 0 Å². The van der Waals surface area contributed by atoms with Crippen LogP contribution in [0.2, 0.25) is 0 Å². The van der Waals surface area contributed by atoms with E-state index in [1.54, 1.807) is 34.7 Å². The van der Waals surface area contributed by atoms with Gasteiger partial charge in [0, 0.05) is 8.04 Å². The van der Waals surface area contributed by atoms with Crippen LogP contribution in [0, 0.1) is 9.39 Å². The van der Waals surface area contributed by atoms with Gasteiger partial charge in [0.25, 0.3) is 5.24 Å². The molecule has 1 nitrogen and oxygen atoms in total. The first-order valence-corrected chi connectivity index (χ1v) is 5.12. The maximum absolute atomic E-state index is 13.2. The molecule has 0 unspecified atom stereocenters. The van der Waals surface area contributed by atoms with E-state index in [0.29, 0.717) is 8.04 Å². The third-order valence-electron chi connectivity index (χ3n) is 1.24. The van der Waals surface area contributed by atoms with Gasteiger partial charge in [0.15, 0.2) is 0 Å². The first-order valence-electron chi connectivity index (χ1n) is 2.87. The molecule has 0 aliphatic carbocycles. The topological polar surface area (TPSA) is 17.1 Å². The molecule has 64 valence electrons. The summed E-state index contributed by atoms with van der Waals surface area (Å²) in [5, 5.41) is -0.794. The van der Waals surface area contributed by atoms with Crippen molar-refractivity contribution >= 4 is 55.4 Å². The fourth-order valence-electron chi connectivity index (χ4n) is 0.707. The molecule has 1 aromatic rings. The maximum Gasteiger partial charge on any atom is 0.256 e. The van der Waals surface area contributed by atoms with Crippen molar-refractivity contribution in [2.45, 2.75) is 0 Å². The fraction of sp³-hybridized carbons (Fsp3) is 0. The lowest BCUT2D eigenvalue weighted by atomic mass is 10.2. The molecule has 0 aliphatic rings. The summed E-state index contributed by atoms with van der Waals surface area (Å²) < 4.78 is 13.9. The zero-order chi connectivity index (χ0) is 9.30. The molecule has 1 aromatic carbocycles. The lowest BCUT2D eigenvalue weighted by molar-refractivity contribution is 0.107. The minimum atomic E-state index is -0.794. The summed E-state index contributed by atoms with van der Waals surface area (Å²) in [5.41, 5.74) is -0.108. The molecular formula is C7H2BrClFIO. The SMILES string of the molecule is O=C(Cl)c1c(Br)ccc(I)c1F. The maximum atomic E-state index is 13.2. The second kappa shape index (κ2) is 4.02. The Morgan fingerprint density at radius 3 is 2.58 bits per heavy atom. The van der Waals surface area contributed by atoms with Gasteiger partial charge >= 0.3 is 0 Å². The van der Waals surface area contributed by atoms with E-state index >= 15 is 0 Å². The first-order chi connectivity index (χ1) is 5.54. The fourth-order valence-corrected chi connectivity index (χ4v) is 1.94. The molecule has 0 bridgehead atoms. The van der Waals surface area contributed by atoms with Crippen LogP contribution in [-0.2, 0) is 0 Å². The van der Waals surface area contributed by atoms with E-state index in [4.69, 9.17) is 11.6 Å². The van der Waals surface area contributed by atoms with E-state index in [9.17, 15) is 9.18 Å². The first kappa shape index (κ1) is 10.4. The quantitative estimate of drug-likeness (QED) is 0.424. The predicted molar refractivity (Wildman–Crippen MR) is 57.0 cm³/mol. The van der Waals surface area contributed by atoms with Gasteiger partial charge in [-0.1, -0.05) is 0 Å². The Bertz CT molecular complexity index is 342. The molecule has 5 heteroatoms. The van der Waals surface area contributed by atoms with E-state index in [1.807, 2.05) is 0 Å². The van der Waals surface area contributed by atoms with Crippen LogP contribution in [0.1, 0.15) is 10.4 Å². The summed E-state index contributed by atoms with van der Waals surface area (Å²) in [6, 6.07) is 3.14. The van der Waals surface area contributed by atoms with Gasteiger partial charge in [-0.25, -0.2) is 4.39 Å². The molecule has 0 aliphatic heterocycles. The second-order valence-corrected chi connectivity index (χ2v) is 4.35. The van der Waals surface area contributed by atoms with Crippen LogP contribution in [-0.4, -0.2) is 5.24 Å². The summed E-state index contributed by atoms with van der Waals surface area (Å²) in [7, 11) is 0. The summed E-state index contributed by atoms with van der Waals surface area (Å²) in [5.74, 6) is -0.579. The Morgan fingerprint density at radius 1 is 1.58 bits per heavy atom.